The Kier molecular flexibility index (Phi) is 6.44. The number of anilines is 3. The van der Waals surface area contributed by atoms with E-state index in [1.165, 1.54) is 0 Å². The van der Waals surface area contributed by atoms with Crippen LogP contribution in [-0.4, -0.2) is 18.5 Å². The van der Waals surface area contributed by atoms with Crippen LogP contribution in [0.15, 0.2) is 36.4 Å². The van der Waals surface area contributed by atoms with Gasteiger partial charge in [0, 0.05) is 22.9 Å². The molecule has 2 aromatic carbocycles. The Morgan fingerprint density at radius 1 is 1.28 bits per heavy atom. The number of carbonyl (C=O) groups is 1. The van der Waals surface area contributed by atoms with E-state index in [2.05, 4.69) is 10.2 Å². The molecule has 7 heteroatoms. The third kappa shape index (κ3) is 4.14. The number of fused-ring (bicyclic) bond motifs is 1. The van der Waals surface area contributed by atoms with Crippen LogP contribution in [0, 0.1) is 0 Å². The molecule has 0 bridgehead atoms. The zero-order valence-corrected chi connectivity index (χ0v) is 16.1. The fourth-order valence-corrected chi connectivity index (χ4v) is 3.51. The average Bonchev–Trinajstić information content (AvgIpc) is 2.56. The van der Waals surface area contributed by atoms with Crippen molar-refractivity contribution in [2.75, 3.05) is 22.5 Å². The first kappa shape index (κ1) is 19.7. The van der Waals surface area contributed by atoms with Crippen molar-refractivity contribution < 1.29 is 4.79 Å². The highest BCUT2D eigenvalue weighted by molar-refractivity contribution is 6.36. The van der Waals surface area contributed by atoms with Gasteiger partial charge in [0.25, 0.3) is 0 Å². The van der Waals surface area contributed by atoms with Crippen LogP contribution in [0.25, 0.3) is 0 Å². The highest BCUT2D eigenvalue weighted by atomic mass is 35.5. The number of hydrogen-bond acceptors (Lipinski definition) is 3. The molecule has 0 fully saturated rings. The molecule has 1 amide bonds. The average molecular weight is 401 g/mol. The van der Waals surface area contributed by atoms with E-state index in [1.54, 1.807) is 18.2 Å². The van der Waals surface area contributed by atoms with E-state index in [1.807, 2.05) is 25.1 Å². The van der Waals surface area contributed by atoms with Crippen molar-refractivity contribution in [2.24, 2.45) is 0 Å². The van der Waals surface area contributed by atoms with Gasteiger partial charge in [-0.15, -0.1) is 12.4 Å². The lowest BCUT2D eigenvalue weighted by Gasteiger charge is -2.36. The minimum atomic E-state index is -0.336. The van der Waals surface area contributed by atoms with E-state index in [4.69, 9.17) is 28.9 Å². The molecule has 2 aromatic rings. The number of benzene rings is 2. The van der Waals surface area contributed by atoms with Crippen molar-refractivity contribution in [3.8, 4) is 0 Å². The number of nitrogen functional groups attached to an aromatic ring is 1. The van der Waals surface area contributed by atoms with Gasteiger partial charge in [0.1, 0.15) is 6.04 Å². The number of halogens is 3. The molecule has 4 nitrogen and oxygen atoms in total. The lowest BCUT2D eigenvalue weighted by molar-refractivity contribution is -0.117. The van der Waals surface area contributed by atoms with Crippen LogP contribution < -0.4 is 16.0 Å². The largest absolute Gasteiger partial charge is 0.398 e. The summed E-state index contributed by atoms with van der Waals surface area (Å²) in [4.78, 5) is 14.8. The second kappa shape index (κ2) is 8.17. The van der Waals surface area contributed by atoms with Crippen LogP contribution in [0.4, 0.5) is 17.1 Å². The molecule has 134 valence electrons. The maximum Gasteiger partial charge on any atom is 0.246 e. The van der Waals surface area contributed by atoms with Gasteiger partial charge in [-0.05, 0) is 55.7 Å². The maximum absolute atomic E-state index is 12.7. The molecule has 25 heavy (non-hydrogen) atoms. The van der Waals surface area contributed by atoms with E-state index in [-0.39, 0.29) is 24.4 Å². The number of amides is 1. The molecular formula is C18H20Cl3N3O. The van der Waals surface area contributed by atoms with E-state index >= 15 is 0 Å². The Morgan fingerprint density at radius 2 is 2.04 bits per heavy atom. The Balaban J connectivity index is 0.00000225. The Hall–Kier alpha value is -1.62. The molecule has 0 saturated heterocycles. The van der Waals surface area contributed by atoms with E-state index in [9.17, 15) is 4.79 Å². The van der Waals surface area contributed by atoms with Gasteiger partial charge >= 0.3 is 0 Å². The number of carbonyl (C=O) groups excluding carboxylic acids is 1. The van der Waals surface area contributed by atoms with Gasteiger partial charge in [0.2, 0.25) is 5.91 Å². The molecule has 0 aromatic heterocycles. The molecule has 0 spiro atoms. The van der Waals surface area contributed by atoms with Crippen molar-refractivity contribution in [3.05, 3.63) is 52.0 Å². The highest BCUT2D eigenvalue weighted by Crippen LogP contribution is 2.33. The second-order valence-electron chi connectivity index (χ2n) is 5.93. The van der Waals surface area contributed by atoms with Gasteiger partial charge in [0.15, 0.2) is 0 Å². The summed E-state index contributed by atoms with van der Waals surface area (Å²) in [5.74, 6) is -0.116. The van der Waals surface area contributed by atoms with Crippen LogP contribution >= 0.6 is 35.6 Å². The molecule has 0 aliphatic carbocycles. The van der Waals surface area contributed by atoms with Gasteiger partial charge in [-0.3, -0.25) is 4.79 Å². The minimum absolute atomic E-state index is 0. The summed E-state index contributed by atoms with van der Waals surface area (Å²) < 4.78 is 0. The summed E-state index contributed by atoms with van der Waals surface area (Å²) in [6.45, 7) is 2.71. The lowest BCUT2D eigenvalue weighted by Crippen LogP contribution is -2.44. The summed E-state index contributed by atoms with van der Waals surface area (Å²) in [7, 11) is 0. The number of nitrogens with zero attached hydrogens (tertiary/aromatic N) is 1. The van der Waals surface area contributed by atoms with E-state index < -0.39 is 0 Å². The normalized spacial score (nSPS) is 14.3. The van der Waals surface area contributed by atoms with Crippen molar-refractivity contribution >= 4 is 58.6 Å². The first-order chi connectivity index (χ1) is 11.5. The first-order valence-corrected chi connectivity index (χ1v) is 8.63. The molecule has 3 N–H and O–H groups in total. The lowest BCUT2D eigenvalue weighted by atomic mass is 9.98. The standard InChI is InChI=1S/C18H19Cl2N3O.ClH/c1-11(18(24)22-16-8-7-12(19)10-14(16)20)23-9-3-4-13-15(21)5-2-6-17(13)23;/h2,5-8,10-11H,3-4,9,21H2,1H3,(H,22,24);1H. The van der Waals surface area contributed by atoms with Crippen molar-refractivity contribution in [3.63, 3.8) is 0 Å². The third-order valence-electron chi connectivity index (χ3n) is 4.36. The molecule has 1 heterocycles. The fraction of sp³-hybridized carbons (Fsp3) is 0.278. The van der Waals surface area contributed by atoms with Gasteiger partial charge in [0.05, 0.1) is 10.7 Å². The molecule has 1 atom stereocenters. The van der Waals surface area contributed by atoms with Crippen molar-refractivity contribution in [2.45, 2.75) is 25.8 Å². The Bertz CT molecular complexity index is 782. The van der Waals surface area contributed by atoms with Gasteiger partial charge in [-0.25, -0.2) is 0 Å². The Morgan fingerprint density at radius 3 is 2.76 bits per heavy atom. The zero-order chi connectivity index (χ0) is 17.3. The Labute approximate surface area is 163 Å². The summed E-state index contributed by atoms with van der Waals surface area (Å²) in [6.07, 6.45) is 1.91. The SMILES string of the molecule is CC(C(=O)Nc1ccc(Cl)cc1Cl)N1CCCc2c(N)cccc21.Cl. The smallest absolute Gasteiger partial charge is 0.246 e. The van der Waals surface area contributed by atoms with Gasteiger partial charge in [-0.1, -0.05) is 29.3 Å². The van der Waals surface area contributed by atoms with Crippen LogP contribution in [0.1, 0.15) is 18.9 Å². The van der Waals surface area contributed by atoms with Crippen LogP contribution in [-0.2, 0) is 11.2 Å². The predicted octanol–water partition coefficient (Wildman–Crippen LogP) is 4.78. The molecule has 3 rings (SSSR count). The second-order valence-corrected chi connectivity index (χ2v) is 6.77. The van der Waals surface area contributed by atoms with Crippen LogP contribution in [0.5, 0.6) is 0 Å². The minimum Gasteiger partial charge on any atom is -0.398 e. The molecule has 0 radical (unpaired) electrons. The fourth-order valence-electron chi connectivity index (χ4n) is 3.05. The zero-order valence-electron chi connectivity index (χ0n) is 13.8. The molecular weight excluding hydrogens is 381 g/mol. The van der Waals surface area contributed by atoms with Crippen molar-refractivity contribution in [1.29, 1.82) is 0 Å². The number of nitrogens with two attached hydrogens (primary N) is 1. The summed E-state index contributed by atoms with van der Waals surface area (Å²) >= 11 is 12.0. The van der Waals surface area contributed by atoms with Gasteiger partial charge in [-0.2, -0.15) is 0 Å². The first-order valence-electron chi connectivity index (χ1n) is 7.87. The monoisotopic (exact) mass is 399 g/mol. The topological polar surface area (TPSA) is 58.4 Å². The van der Waals surface area contributed by atoms with Crippen LogP contribution in [0.2, 0.25) is 10.0 Å². The number of rotatable bonds is 3. The highest BCUT2D eigenvalue weighted by Gasteiger charge is 2.27. The molecule has 0 saturated carbocycles. The predicted molar refractivity (Wildman–Crippen MR) is 108 cm³/mol. The number of nitrogens with one attached hydrogen (secondary N) is 1. The summed E-state index contributed by atoms with van der Waals surface area (Å²) in [6, 6.07) is 10.5. The summed E-state index contributed by atoms with van der Waals surface area (Å²) in [5, 5.41) is 3.83. The summed E-state index contributed by atoms with van der Waals surface area (Å²) in [5.41, 5.74) is 9.57. The third-order valence-corrected chi connectivity index (χ3v) is 4.91. The van der Waals surface area contributed by atoms with E-state index in [0.717, 1.165) is 36.3 Å². The molecule has 1 unspecified atom stereocenters. The van der Waals surface area contributed by atoms with Crippen molar-refractivity contribution in [1.82, 2.24) is 0 Å². The molecule has 1 aliphatic rings. The van der Waals surface area contributed by atoms with Crippen LogP contribution in [0.3, 0.4) is 0 Å². The maximum atomic E-state index is 12.7. The van der Waals surface area contributed by atoms with E-state index in [0.29, 0.717) is 15.7 Å². The quantitative estimate of drug-likeness (QED) is 0.729. The van der Waals surface area contributed by atoms with Gasteiger partial charge < -0.3 is 16.0 Å². The number of hydrogen-bond donors (Lipinski definition) is 2. The molecule has 1 aliphatic heterocycles.